The molecule has 0 saturated carbocycles. The quantitative estimate of drug-likeness (QED) is 0.791. The van der Waals surface area contributed by atoms with Crippen LogP contribution in [0, 0.1) is 0 Å². The van der Waals surface area contributed by atoms with E-state index < -0.39 is 0 Å². The SMILES string of the molecule is O=C(Cc1ccc(Cl)cc1)Nc1ccc(CCBr)cc1. The van der Waals surface area contributed by atoms with E-state index in [9.17, 15) is 4.79 Å². The van der Waals surface area contributed by atoms with Crippen LogP contribution in [-0.2, 0) is 17.6 Å². The molecule has 20 heavy (non-hydrogen) atoms. The van der Waals surface area contributed by atoms with E-state index in [2.05, 4.69) is 21.2 Å². The maximum Gasteiger partial charge on any atom is 0.228 e. The summed E-state index contributed by atoms with van der Waals surface area (Å²) in [5.74, 6) is -0.0273. The highest BCUT2D eigenvalue weighted by Crippen LogP contribution is 2.13. The van der Waals surface area contributed by atoms with Crippen molar-refractivity contribution in [3.8, 4) is 0 Å². The smallest absolute Gasteiger partial charge is 0.228 e. The van der Waals surface area contributed by atoms with Crippen molar-refractivity contribution >= 4 is 39.1 Å². The van der Waals surface area contributed by atoms with E-state index >= 15 is 0 Å². The molecule has 0 radical (unpaired) electrons. The minimum absolute atomic E-state index is 0.0273. The standard InChI is InChI=1S/C16H15BrClNO/c17-10-9-12-3-7-15(8-4-12)19-16(20)11-13-1-5-14(18)6-2-13/h1-8H,9-11H2,(H,19,20). The molecule has 1 N–H and O–H groups in total. The zero-order chi connectivity index (χ0) is 14.4. The number of benzene rings is 2. The molecule has 0 aliphatic heterocycles. The maximum atomic E-state index is 11.9. The molecule has 1 amide bonds. The number of amides is 1. The van der Waals surface area contributed by atoms with Crippen molar-refractivity contribution in [3.05, 3.63) is 64.7 Å². The Balaban J connectivity index is 1.92. The van der Waals surface area contributed by atoms with Crippen LogP contribution in [0.2, 0.25) is 5.02 Å². The Labute approximate surface area is 132 Å². The van der Waals surface area contributed by atoms with Crippen LogP contribution in [0.25, 0.3) is 0 Å². The molecule has 0 aliphatic carbocycles. The Morgan fingerprint density at radius 1 is 1.00 bits per heavy atom. The van der Waals surface area contributed by atoms with E-state index in [1.54, 1.807) is 12.1 Å². The van der Waals surface area contributed by atoms with E-state index in [0.717, 1.165) is 23.0 Å². The number of rotatable bonds is 5. The second-order valence-electron chi connectivity index (χ2n) is 4.49. The molecule has 0 aliphatic rings. The predicted octanol–water partition coefficient (Wildman–Crippen LogP) is 4.46. The highest BCUT2D eigenvalue weighted by molar-refractivity contribution is 9.09. The van der Waals surface area contributed by atoms with Crippen molar-refractivity contribution in [2.24, 2.45) is 0 Å². The molecule has 2 aromatic rings. The number of hydrogen-bond donors (Lipinski definition) is 1. The Kier molecular flexibility index (Phi) is 5.62. The van der Waals surface area contributed by atoms with Crippen molar-refractivity contribution in [2.45, 2.75) is 12.8 Å². The molecule has 0 heterocycles. The number of alkyl halides is 1. The van der Waals surface area contributed by atoms with Gasteiger partial charge in [-0.3, -0.25) is 4.79 Å². The van der Waals surface area contributed by atoms with Gasteiger partial charge in [0.15, 0.2) is 0 Å². The second-order valence-corrected chi connectivity index (χ2v) is 5.72. The zero-order valence-electron chi connectivity index (χ0n) is 10.9. The minimum atomic E-state index is -0.0273. The minimum Gasteiger partial charge on any atom is -0.326 e. The third-order valence-electron chi connectivity index (χ3n) is 2.90. The summed E-state index contributed by atoms with van der Waals surface area (Å²) in [4.78, 5) is 11.9. The summed E-state index contributed by atoms with van der Waals surface area (Å²) in [7, 11) is 0. The summed E-state index contributed by atoms with van der Waals surface area (Å²) in [5.41, 5.74) is 3.02. The van der Waals surface area contributed by atoms with Gasteiger partial charge in [0.2, 0.25) is 5.91 Å². The number of carbonyl (C=O) groups is 1. The van der Waals surface area contributed by atoms with Crippen LogP contribution < -0.4 is 5.32 Å². The van der Waals surface area contributed by atoms with E-state index in [-0.39, 0.29) is 5.91 Å². The van der Waals surface area contributed by atoms with Gasteiger partial charge in [0.1, 0.15) is 0 Å². The molecule has 2 aromatic carbocycles. The topological polar surface area (TPSA) is 29.1 Å². The Bertz CT molecular complexity index is 566. The molecular formula is C16H15BrClNO. The molecule has 2 rings (SSSR count). The van der Waals surface area contributed by atoms with E-state index in [0.29, 0.717) is 11.4 Å². The van der Waals surface area contributed by atoms with Crippen molar-refractivity contribution in [1.29, 1.82) is 0 Å². The van der Waals surface area contributed by atoms with Crippen LogP contribution in [0.4, 0.5) is 5.69 Å². The molecule has 104 valence electrons. The summed E-state index contributed by atoms with van der Waals surface area (Å²) < 4.78 is 0. The second kappa shape index (κ2) is 7.46. The summed E-state index contributed by atoms with van der Waals surface area (Å²) in [6, 6.07) is 15.2. The van der Waals surface area contributed by atoms with Gasteiger partial charge >= 0.3 is 0 Å². The molecule has 0 bridgehead atoms. The first-order valence-electron chi connectivity index (χ1n) is 6.36. The molecule has 0 atom stereocenters. The fourth-order valence-electron chi connectivity index (χ4n) is 1.86. The lowest BCUT2D eigenvalue weighted by atomic mass is 10.1. The Morgan fingerprint density at radius 3 is 2.20 bits per heavy atom. The molecular weight excluding hydrogens is 338 g/mol. The fourth-order valence-corrected chi connectivity index (χ4v) is 2.44. The molecule has 0 spiro atoms. The van der Waals surface area contributed by atoms with Crippen LogP contribution in [0.3, 0.4) is 0 Å². The molecule has 0 aromatic heterocycles. The summed E-state index contributed by atoms with van der Waals surface area (Å²) in [6.45, 7) is 0. The monoisotopic (exact) mass is 351 g/mol. The molecule has 0 saturated heterocycles. The number of carbonyl (C=O) groups excluding carboxylic acids is 1. The lowest BCUT2D eigenvalue weighted by molar-refractivity contribution is -0.115. The van der Waals surface area contributed by atoms with Gasteiger partial charge in [-0.1, -0.05) is 51.8 Å². The van der Waals surface area contributed by atoms with Gasteiger partial charge < -0.3 is 5.32 Å². The molecule has 2 nitrogen and oxygen atoms in total. The highest BCUT2D eigenvalue weighted by Gasteiger charge is 2.04. The van der Waals surface area contributed by atoms with Gasteiger partial charge in [-0.15, -0.1) is 0 Å². The zero-order valence-corrected chi connectivity index (χ0v) is 13.2. The maximum absolute atomic E-state index is 11.9. The third kappa shape index (κ3) is 4.66. The van der Waals surface area contributed by atoms with Gasteiger partial charge in [0.25, 0.3) is 0 Å². The van der Waals surface area contributed by atoms with E-state index in [4.69, 9.17) is 11.6 Å². The third-order valence-corrected chi connectivity index (χ3v) is 3.55. The van der Waals surface area contributed by atoms with Crippen LogP contribution >= 0.6 is 27.5 Å². The lowest BCUT2D eigenvalue weighted by Gasteiger charge is -2.06. The first-order chi connectivity index (χ1) is 9.67. The first-order valence-corrected chi connectivity index (χ1v) is 7.86. The van der Waals surface area contributed by atoms with E-state index in [1.807, 2.05) is 36.4 Å². The van der Waals surface area contributed by atoms with Gasteiger partial charge in [0.05, 0.1) is 6.42 Å². The van der Waals surface area contributed by atoms with Crippen LogP contribution in [0.15, 0.2) is 48.5 Å². The van der Waals surface area contributed by atoms with Crippen LogP contribution in [-0.4, -0.2) is 11.2 Å². The average molecular weight is 353 g/mol. The van der Waals surface area contributed by atoms with Gasteiger partial charge in [-0.05, 0) is 41.8 Å². The van der Waals surface area contributed by atoms with Crippen LogP contribution in [0.5, 0.6) is 0 Å². The van der Waals surface area contributed by atoms with Crippen molar-refractivity contribution in [1.82, 2.24) is 0 Å². The van der Waals surface area contributed by atoms with Crippen molar-refractivity contribution < 1.29 is 4.79 Å². The number of hydrogen-bond acceptors (Lipinski definition) is 1. The van der Waals surface area contributed by atoms with Crippen molar-refractivity contribution in [2.75, 3.05) is 10.6 Å². The Hall–Kier alpha value is -1.32. The van der Waals surface area contributed by atoms with Gasteiger partial charge in [-0.2, -0.15) is 0 Å². The fraction of sp³-hybridized carbons (Fsp3) is 0.188. The number of nitrogens with one attached hydrogen (secondary N) is 1. The summed E-state index contributed by atoms with van der Waals surface area (Å²) in [5, 5.41) is 4.51. The highest BCUT2D eigenvalue weighted by atomic mass is 79.9. The first kappa shape index (κ1) is 15.1. The number of halogens is 2. The number of anilines is 1. The van der Waals surface area contributed by atoms with Crippen molar-refractivity contribution in [3.63, 3.8) is 0 Å². The average Bonchev–Trinajstić information content (AvgIpc) is 2.44. The lowest BCUT2D eigenvalue weighted by Crippen LogP contribution is -2.14. The molecule has 0 unspecified atom stereocenters. The molecule has 0 fully saturated rings. The molecule has 4 heteroatoms. The van der Waals surface area contributed by atoms with Gasteiger partial charge in [0, 0.05) is 16.0 Å². The number of aryl methyl sites for hydroxylation is 1. The van der Waals surface area contributed by atoms with Crippen LogP contribution in [0.1, 0.15) is 11.1 Å². The Morgan fingerprint density at radius 2 is 1.60 bits per heavy atom. The summed E-state index contributed by atoms with van der Waals surface area (Å²) >= 11 is 9.22. The predicted molar refractivity (Wildman–Crippen MR) is 87.7 cm³/mol. The largest absolute Gasteiger partial charge is 0.326 e. The normalized spacial score (nSPS) is 10.3. The summed E-state index contributed by atoms with van der Waals surface area (Å²) in [6.07, 6.45) is 1.33. The van der Waals surface area contributed by atoms with Gasteiger partial charge in [-0.25, -0.2) is 0 Å². The van der Waals surface area contributed by atoms with E-state index in [1.165, 1.54) is 5.56 Å².